The molecule has 0 heterocycles. The summed E-state index contributed by atoms with van der Waals surface area (Å²) in [7, 11) is 0. The summed E-state index contributed by atoms with van der Waals surface area (Å²) in [6.45, 7) is 7.31. The molecule has 0 atom stereocenters. The number of carboxylic acid groups (broad SMARTS) is 2. The van der Waals surface area contributed by atoms with E-state index in [1.807, 2.05) is 0 Å². The number of carboxylic acids is 2. The lowest BCUT2D eigenvalue weighted by atomic mass is 10.1. The highest BCUT2D eigenvalue weighted by Gasteiger charge is 1.97. The first kappa shape index (κ1) is 26.8. The minimum atomic E-state index is -0.727. The van der Waals surface area contributed by atoms with Crippen LogP contribution in [-0.2, 0) is 9.59 Å². The number of hydrogen-bond acceptors (Lipinski definition) is 6. The first-order chi connectivity index (χ1) is 13.6. The molecule has 6 N–H and O–H groups in total. The topological polar surface area (TPSA) is 123 Å². The van der Waals surface area contributed by atoms with Crippen molar-refractivity contribution in [1.82, 2.24) is 21.3 Å². The van der Waals surface area contributed by atoms with Crippen LogP contribution in [0.5, 0.6) is 0 Å². The molecule has 0 aliphatic heterocycles. The van der Waals surface area contributed by atoms with Gasteiger partial charge in [0.25, 0.3) is 0 Å². The maximum Gasteiger partial charge on any atom is 0.303 e. The maximum atomic E-state index is 10.4. The van der Waals surface area contributed by atoms with E-state index in [-0.39, 0.29) is 12.8 Å². The SMILES string of the molecule is O=C(O)CCCNCCNCCCCCCCCNCCNCCCC(=O)O. The van der Waals surface area contributed by atoms with Crippen LogP contribution in [0.15, 0.2) is 0 Å². The van der Waals surface area contributed by atoms with E-state index >= 15 is 0 Å². The minimum absolute atomic E-state index is 0.240. The zero-order chi connectivity index (χ0) is 20.7. The van der Waals surface area contributed by atoms with Crippen LogP contribution in [0.25, 0.3) is 0 Å². The van der Waals surface area contributed by atoms with Gasteiger partial charge in [-0.15, -0.1) is 0 Å². The highest BCUT2D eigenvalue weighted by Crippen LogP contribution is 2.04. The summed E-state index contributed by atoms with van der Waals surface area (Å²) in [6.07, 6.45) is 9.41. The molecule has 0 bridgehead atoms. The number of rotatable bonds is 23. The van der Waals surface area contributed by atoms with Crippen molar-refractivity contribution < 1.29 is 19.8 Å². The Balaban J connectivity index is 3.01. The van der Waals surface area contributed by atoms with Crippen LogP contribution in [-0.4, -0.2) is 74.5 Å². The van der Waals surface area contributed by atoms with Crippen LogP contribution < -0.4 is 21.3 Å². The lowest BCUT2D eigenvalue weighted by Gasteiger charge is -2.07. The van der Waals surface area contributed by atoms with Crippen LogP contribution in [0.4, 0.5) is 0 Å². The molecule has 0 aliphatic rings. The van der Waals surface area contributed by atoms with Crippen molar-refractivity contribution in [2.75, 3.05) is 52.4 Å². The quantitative estimate of drug-likeness (QED) is 0.142. The third-order valence-electron chi connectivity index (χ3n) is 4.40. The Morgan fingerprint density at radius 1 is 0.429 bits per heavy atom. The third-order valence-corrected chi connectivity index (χ3v) is 4.40. The van der Waals surface area contributed by atoms with Crippen LogP contribution in [0.1, 0.15) is 64.2 Å². The smallest absolute Gasteiger partial charge is 0.303 e. The molecule has 0 aliphatic carbocycles. The lowest BCUT2D eigenvalue weighted by molar-refractivity contribution is -0.138. The van der Waals surface area contributed by atoms with Crippen molar-refractivity contribution >= 4 is 11.9 Å². The van der Waals surface area contributed by atoms with Crippen LogP contribution in [0, 0.1) is 0 Å². The van der Waals surface area contributed by atoms with Crippen molar-refractivity contribution in [1.29, 1.82) is 0 Å². The van der Waals surface area contributed by atoms with Crippen molar-refractivity contribution in [3.63, 3.8) is 0 Å². The predicted molar refractivity (Wildman–Crippen MR) is 113 cm³/mol. The molecular weight excluding hydrogens is 360 g/mol. The van der Waals surface area contributed by atoms with Gasteiger partial charge in [-0.1, -0.05) is 25.7 Å². The van der Waals surface area contributed by atoms with Gasteiger partial charge in [-0.05, 0) is 51.9 Å². The van der Waals surface area contributed by atoms with Crippen molar-refractivity contribution in [3.8, 4) is 0 Å². The van der Waals surface area contributed by atoms with Crippen LogP contribution in [0.2, 0.25) is 0 Å². The average Bonchev–Trinajstić information content (AvgIpc) is 2.65. The molecule has 0 aromatic carbocycles. The molecule has 166 valence electrons. The van der Waals surface area contributed by atoms with Gasteiger partial charge in [0, 0.05) is 39.0 Å². The number of hydrogen-bond donors (Lipinski definition) is 6. The van der Waals surface area contributed by atoms with Crippen molar-refractivity contribution in [2.45, 2.75) is 64.2 Å². The van der Waals surface area contributed by atoms with E-state index in [1.165, 1.54) is 38.5 Å². The molecule has 0 rings (SSSR count). The summed E-state index contributed by atoms with van der Waals surface area (Å²) in [6, 6.07) is 0. The Labute approximate surface area is 170 Å². The van der Waals surface area contributed by atoms with Gasteiger partial charge in [0.05, 0.1) is 0 Å². The molecule has 0 fully saturated rings. The average molecular weight is 403 g/mol. The highest BCUT2D eigenvalue weighted by molar-refractivity contribution is 5.66. The largest absolute Gasteiger partial charge is 0.481 e. The summed E-state index contributed by atoms with van der Waals surface area (Å²) < 4.78 is 0. The normalized spacial score (nSPS) is 11.0. The second kappa shape index (κ2) is 22.1. The highest BCUT2D eigenvalue weighted by atomic mass is 16.4. The van der Waals surface area contributed by atoms with E-state index in [0.29, 0.717) is 12.8 Å². The number of carbonyl (C=O) groups is 2. The molecule has 0 saturated heterocycles. The predicted octanol–water partition coefficient (Wildman–Crippen LogP) is 1.42. The first-order valence-corrected chi connectivity index (χ1v) is 10.9. The van der Waals surface area contributed by atoms with Crippen molar-refractivity contribution in [3.05, 3.63) is 0 Å². The van der Waals surface area contributed by atoms with E-state index in [1.54, 1.807) is 0 Å². The molecule has 28 heavy (non-hydrogen) atoms. The molecule has 8 nitrogen and oxygen atoms in total. The van der Waals surface area contributed by atoms with Gasteiger partial charge in [-0.25, -0.2) is 0 Å². The minimum Gasteiger partial charge on any atom is -0.481 e. The summed E-state index contributed by atoms with van der Waals surface area (Å²) in [5.41, 5.74) is 0. The van der Waals surface area contributed by atoms with Gasteiger partial charge < -0.3 is 31.5 Å². The zero-order valence-electron chi connectivity index (χ0n) is 17.4. The Morgan fingerprint density at radius 2 is 0.714 bits per heavy atom. The molecule has 0 spiro atoms. The molecule has 0 aromatic rings. The van der Waals surface area contributed by atoms with Gasteiger partial charge in [-0.3, -0.25) is 9.59 Å². The van der Waals surface area contributed by atoms with E-state index < -0.39 is 11.9 Å². The molecular formula is C20H42N4O4. The molecule has 0 unspecified atom stereocenters. The van der Waals surface area contributed by atoms with Gasteiger partial charge in [0.15, 0.2) is 0 Å². The second-order valence-electron chi connectivity index (χ2n) is 7.12. The van der Waals surface area contributed by atoms with Gasteiger partial charge in [0.1, 0.15) is 0 Å². The van der Waals surface area contributed by atoms with Gasteiger partial charge >= 0.3 is 11.9 Å². The summed E-state index contributed by atoms with van der Waals surface area (Å²) in [5.74, 6) is -1.45. The standard InChI is InChI=1S/C20H42N4O4/c25-19(26)9-7-13-23-17-15-21-11-5-3-1-2-4-6-12-22-16-18-24-14-8-10-20(27)28/h21-24H,1-18H2,(H,25,26)(H,27,28). The summed E-state index contributed by atoms with van der Waals surface area (Å²) in [4.78, 5) is 20.7. The molecule has 8 heteroatoms. The van der Waals surface area contributed by atoms with Crippen molar-refractivity contribution in [2.24, 2.45) is 0 Å². The molecule has 0 aromatic heterocycles. The monoisotopic (exact) mass is 402 g/mol. The maximum absolute atomic E-state index is 10.4. The van der Waals surface area contributed by atoms with Gasteiger partial charge in [0.2, 0.25) is 0 Å². The van der Waals surface area contributed by atoms with E-state index in [2.05, 4.69) is 21.3 Å². The third kappa shape index (κ3) is 24.8. The number of unbranched alkanes of at least 4 members (excludes halogenated alkanes) is 5. The Bertz CT molecular complexity index is 336. The number of aliphatic carboxylic acids is 2. The van der Waals surface area contributed by atoms with Crippen LogP contribution in [0.3, 0.4) is 0 Å². The lowest BCUT2D eigenvalue weighted by Crippen LogP contribution is -2.28. The van der Waals surface area contributed by atoms with E-state index in [0.717, 1.165) is 52.4 Å². The second-order valence-corrected chi connectivity index (χ2v) is 7.12. The Kier molecular flexibility index (Phi) is 21.1. The number of nitrogens with one attached hydrogen (secondary N) is 4. The van der Waals surface area contributed by atoms with E-state index in [4.69, 9.17) is 10.2 Å². The Morgan fingerprint density at radius 3 is 1.04 bits per heavy atom. The van der Waals surface area contributed by atoms with Crippen LogP contribution >= 0.6 is 0 Å². The molecule has 0 saturated carbocycles. The molecule has 0 radical (unpaired) electrons. The fraction of sp³-hybridized carbons (Fsp3) is 0.900. The summed E-state index contributed by atoms with van der Waals surface area (Å²) in [5, 5.41) is 30.4. The Hall–Kier alpha value is -1.22. The zero-order valence-corrected chi connectivity index (χ0v) is 17.4. The summed E-state index contributed by atoms with van der Waals surface area (Å²) >= 11 is 0. The fourth-order valence-corrected chi connectivity index (χ4v) is 2.79. The van der Waals surface area contributed by atoms with E-state index in [9.17, 15) is 9.59 Å². The first-order valence-electron chi connectivity index (χ1n) is 10.9. The molecule has 0 amide bonds. The van der Waals surface area contributed by atoms with Gasteiger partial charge in [-0.2, -0.15) is 0 Å². The fourth-order valence-electron chi connectivity index (χ4n) is 2.79.